The summed E-state index contributed by atoms with van der Waals surface area (Å²) in [4.78, 5) is 28.8. The van der Waals surface area contributed by atoms with Gasteiger partial charge in [-0.25, -0.2) is 4.98 Å². The molecule has 0 bridgehead atoms. The van der Waals surface area contributed by atoms with Crippen molar-refractivity contribution < 1.29 is 9.53 Å². The third-order valence-corrected chi connectivity index (χ3v) is 4.61. The number of fused-ring (bicyclic) bond motifs is 1. The van der Waals surface area contributed by atoms with Gasteiger partial charge in [0.15, 0.2) is 0 Å². The molecule has 0 unspecified atom stereocenters. The minimum absolute atomic E-state index is 0.127. The van der Waals surface area contributed by atoms with Crippen LogP contribution in [0.4, 0.5) is 0 Å². The second-order valence-corrected chi connectivity index (χ2v) is 6.74. The Hall–Kier alpha value is -2.47. The number of hydrogen-bond donors (Lipinski definition) is 0. The van der Waals surface area contributed by atoms with Crippen molar-refractivity contribution in [3.63, 3.8) is 0 Å². The molecule has 6 heteroatoms. The number of esters is 1. The molecular formula is C18H18N2O3S. The van der Waals surface area contributed by atoms with Gasteiger partial charge in [-0.2, -0.15) is 0 Å². The van der Waals surface area contributed by atoms with Crippen LogP contribution in [0.5, 0.6) is 0 Å². The summed E-state index contributed by atoms with van der Waals surface area (Å²) in [5, 5.41) is 1.94. The van der Waals surface area contributed by atoms with Crippen molar-refractivity contribution in [2.45, 2.75) is 33.4 Å². The number of rotatable bonds is 4. The molecule has 0 spiro atoms. The fourth-order valence-electron chi connectivity index (χ4n) is 2.56. The second kappa shape index (κ2) is 6.57. The molecule has 0 aliphatic carbocycles. The molecule has 124 valence electrons. The second-order valence-electron chi connectivity index (χ2n) is 5.86. The van der Waals surface area contributed by atoms with Gasteiger partial charge in [-0.15, -0.1) is 11.3 Å². The molecule has 3 rings (SSSR count). The first-order valence-corrected chi connectivity index (χ1v) is 8.57. The highest BCUT2D eigenvalue weighted by Gasteiger charge is 2.15. The number of aryl methyl sites for hydroxylation is 1. The van der Waals surface area contributed by atoms with Gasteiger partial charge >= 0.3 is 5.97 Å². The zero-order chi connectivity index (χ0) is 17.3. The topological polar surface area (TPSA) is 61.2 Å². The van der Waals surface area contributed by atoms with Crippen LogP contribution in [0, 0.1) is 6.92 Å². The number of benzene rings is 1. The fourth-order valence-corrected chi connectivity index (χ4v) is 3.53. The number of ether oxygens (including phenoxy) is 1. The molecule has 0 N–H and O–H groups in total. The monoisotopic (exact) mass is 342 g/mol. The summed E-state index contributed by atoms with van der Waals surface area (Å²) in [6, 6.07) is 8.00. The molecule has 1 aromatic carbocycles. The van der Waals surface area contributed by atoms with Crippen LogP contribution in [0.25, 0.3) is 21.3 Å². The van der Waals surface area contributed by atoms with E-state index in [9.17, 15) is 9.59 Å². The molecule has 0 radical (unpaired) electrons. The van der Waals surface area contributed by atoms with E-state index in [2.05, 4.69) is 4.98 Å². The minimum Gasteiger partial charge on any atom is -0.462 e. The number of carbonyl (C=O) groups excluding carboxylic acids is 1. The van der Waals surface area contributed by atoms with Crippen molar-refractivity contribution in [3.05, 3.63) is 51.9 Å². The molecule has 0 amide bonds. The smallest absolute Gasteiger partial charge is 0.326 e. The molecule has 0 atom stereocenters. The zero-order valence-electron chi connectivity index (χ0n) is 13.8. The first-order valence-electron chi connectivity index (χ1n) is 7.69. The van der Waals surface area contributed by atoms with Gasteiger partial charge in [0.1, 0.15) is 11.2 Å². The summed E-state index contributed by atoms with van der Waals surface area (Å²) in [5.74, 6) is -0.441. The van der Waals surface area contributed by atoms with E-state index in [0.29, 0.717) is 10.2 Å². The van der Waals surface area contributed by atoms with Gasteiger partial charge in [0.2, 0.25) is 0 Å². The van der Waals surface area contributed by atoms with Crippen molar-refractivity contribution in [2.24, 2.45) is 0 Å². The first kappa shape index (κ1) is 16.4. The lowest BCUT2D eigenvalue weighted by atomic mass is 10.0. The van der Waals surface area contributed by atoms with E-state index >= 15 is 0 Å². The lowest BCUT2D eigenvalue weighted by molar-refractivity contribution is -0.148. The highest BCUT2D eigenvalue weighted by Crippen LogP contribution is 2.32. The highest BCUT2D eigenvalue weighted by atomic mass is 32.1. The molecule has 0 saturated heterocycles. The predicted octanol–water partition coefficient (Wildman–Crippen LogP) is 3.39. The van der Waals surface area contributed by atoms with E-state index < -0.39 is 5.97 Å². The van der Waals surface area contributed by atoms with Crippen molar-refractivity contribution in [3.8, 4) is 11.1 Å². The molecule has 2 heterocycles. The van der Waals surface area contributed by atoms with E-state index in [4.69, 9.17) is 4.74 Å². The van der Waals surface area contributed by atoms with Crippen LogP contribution in [-0.4, -0.2) is 21.6 Å². The van der Waals surface area contributed by atoms with Crippen LogP contribution in [0.1, 0.15) is 19.4 Å². The van der Waals surface area contributed by atoms with Crippen molar-refractivity contribution in [1.82, 2.24) is 9.55 Å². The average molecular weight is 342 g/mol. The predicted molar refractivity (Wildman–Crippen MR) is 95.3 cm³/mol. The van der Waals surface area contributed by atoms with Crippen LogP contribution >= 0.6 is 11.3 Å². The summed E-state index contributed by atoms with van der Waals surface area (Å²) in [5.41, 5.74) is 3.59. The Morgan fingerprint density at radius 1 is 1.29 bits per heavy atom. The van der Waals surface area contributed by atoms with E-state index in [1.807, 2.05) is 36.6 Å². The number of thiophene rings is 1. The minimum atomic E-state index is -0.441. The van der Waals surface area contributed by atoms with Gasteiger partial charge in [-0.3, -0.25) is 14.2 Å². The van der Waals surface area contributed by atoms with Crippen molar-refractivity contribution >= 4 is 27.5 Å². The maximum Gasteiger partial charge on any atom is 0.326 e. The Kier molecular flexibility index (Phi) is 4.49. The van der Waals surface area contributed by atoms with Crippen LogP contribution in [-0.2, 0) is 16.1 Å². The molecule has 0 aliphatic heterocycles. The Labute approximate surface area is 143 Å². The third kappa shape index (κ3) is 3.10. The van der Waals surface area contributed by atoms with Crippen LogP contribution < -0.4 is 5.56 Å². The Bertz CT molecular complexity index is 956. The lowest BCUT2D eigenvalue weighted by Gasteiger charge is -2.09. The summed E-state index contributed by atoms with van der Waals surface area (Å²) in [7, 11) is 0. The highest BCUT2D eigenvalue weighted by molar-refractivity contribution is 7.17. The Morgan fingerprint density at radius 2 is 2.04 bits per heavy atom. The molecule has 5 nitrogen and oxygen atoms in total. The number of aromatic nitrogens is 2. The molecule has 0 fully saturated rings. The van der Waals surface area contributed by atoms with Gasteiger partial charge in [-0.05, 0) is 31.9 Å². The van der Waals surface area contributed by atoms with E-state index in [1.165, 1.54) is 22.2 Å². The molecule has 0 saturated carbocycles. The quantitative estimate of drug-likeness (QED) is 0.682. The third-order valence-electron chi connectivity index (χ3n) is 3.65. The first-order chi connectivity index (χ1) is 11.5. The number of nitrogens with zero attached hydrogens (tertiary/aromatic N) is 2. The molecule has 2 aromatic heterocycles. The van der Waals surface area contributed by atoms with Gasteiger partial charge in [0, 0.05) is 10.9 Å². The van der Waals surface area contributed by atoms with Crippen LogP contribution in [0.3, 0.4) is 0 Å². The van der Waals surface area contributed by atoms with E-state index in [0.717, 1.165) is 16.7 Å². The largest absolute Gasteiger partial charge is 0.462 e. The summed E-state index contributed by atoms with van der Waals surface area (Å²) in [6.45, 7) is 5.45. The van der Waals surface area contributed by atoms with Crippen LogP contribution in [0.2, 0.25) is 0 Å². The summed E-state index contributed by atoms with van der Waals surface area (Å²) in [6.07, 6.45) is 1.21. The van der Waals surface area contributed by atoms with Gasteiger partial charge in [0.25, 0.3) is 5.56 Å². The molecule has 0 aliphatic rings. The van der Waals surface area contributed by atoms with Gasteiger partial charge in [0.05, 0.1) is 17.9 Å². The lowest BCUT2D eigenvalue weighted by Crippen LogP contribution is -2.26. The normalized spacial score (nSPS) is 11.2. The van der Waals surface area contributed by atoms with Crippen molar-refractivity contribution in [2.75, 3.05) is 0 Å². The summed E-state index contributed by atoms with van der Waals surface area (Å²) >= 11 is 1.35. The van der Waals surface area contributed by atoms with E-state index in [-0.39, 0.29) is 18.2 Å². The summed E-state index contributed by atoms with van der Waals surface area (Å²) < 4.78 is 6.93. The number of carbonyl (C=O) groups is 1. The maximum absolute atomic E-state index is 12.6. The molecule has 3 aromatic rings. The van der Waals surface area contributed by atoms with Crippen LogP contribution in [0.15, 0.2) is 40.8 Å². The van der Waals surface area contributed by atoms with Gasteiger partial charge < -0.3 is 4.74 Å². The van der Waals surface area contributed by atoms with E-state index in [1.54, 1.807) is 13.8 Å². The Balaban J connectivity index is 2.02. The molecular weight excluding hydrogens is 324 g/mol. The SMILES string of the molecule is Cc1ccccc1-c1csc2c(=O)n(CC(=O)OC(C)C)cnc12. The van der Waals surface area contributed by atoms with Crippen molar-refractivity contribution in [1.29, 1.82) is 0 Å². The fraction of sp³-hybridized carbons (Fsp3) is 0.278. The maximum atomic E-state index is 12.6. The Morgan fingerprint density at radius 3 is 2.75 bits per heavy atom. The van der Waals surface area contributed by atoms with Gasteiger partial charge in [-0.1, -0.05) is 24.3 Å². The average Bonchev–Trinajstić information content (AvgIpc) is 2.94. The number of hydrogen-bond acceptors (Lipinski definition) is 5. The zero-order valence-corrected chi connectivity index (χ0v) is 14.6. The molecule has 24 heavy (non-hydrogen) atoms. The standard InChI is InChI=1S/C18H18N2O3S/c1-11(2)23-15(21)8-20-10-19-16-14(9-24-17(16)18(20)22)13-7-5-4-6-12(13)3/h4-7,9-11H,8H2,1-3H3.